The summed E-state index contributed by atoms with van der Waals surface area (Å²) in [5.74, 6) is 0.0378. The zero-order valence-electron chi connectivity index (χ0n) is 16.2. The van der Waals surface area contributed by atoms with Gasteiger partial charge in [-0.15, -0.1) is 0 Å². The van der Waals surface area contributed by atoms with Crippen LogP contribution in [0.1, 0.15) is 54.2 Å². The topological polar surface area (TPSA) is 51.0 Å². The molecule has 5 nitrogen and oxygen atoms in total. The molecular weight excluding hydrogens is 452 g/mol. The van der Waals surface area contributed by atoms with E-state index in [0.717, 1.165) is 41.2 Å². The normalized spacial score (nSPS) is 14.6. The van der Waals surface area contributed by atoms with Crippen LogP contribution in [0.4, 0.5) is 0 Å². The molecule has 2 aromatic heterocycles. The first kappa shape index (κ1) is 20.4. The zero-order valence-corrected chi connectivity index (χ0v) is 18.6. The Balaban J connectivity index is 1.74. The molecule has 29 heavy (non-hydrogen) atoms. The van der Waals surface area contributed by atoms with Gasteiger partial charge in [-0.25, -0.2) is 4.98 Å². The van der Waals surface area contributed by atoms with Crippen LogP contribution in [0.15, 0.2) is 42.6 Å². The second-order valence-corrected chi connectivity index (χ2v) is 8.64. The van der Waals surface area contributed by atoms with Crippen molar-refractivity contribution in [2.45, 2.75) is 44.7 Å². The lowest BCUT2D eigenvalue weighted by molar-refractivity contribution is 0.0731. The number of benzene rings is 1. The van der Waals surface area contributed by atoms with Crippen LogP contribution >= 0.6 is 27.5 Å². The van der Waals surface area contributed by atoms with E-state index in [1.807, 2.05) is 29.2 Å². The van der Waals surface area contributed by atoms with Crippen LogP contribution in [0.25, 0.3) is 11.0 Å². The Kier molecular flexibility index (Phi) is 6.50. The monoisotopic (exact) mass is 474 g/mol. The van der Waals surface area contributed by atoms with Crippen LogP contribution in [0, 0.1) is 0 Å². The third kappa shape index (κ3) is 4.48. The molecule has 0 radical (unpaired) electrons. The lowest BCUT2D eigenvalue weighted by atomic mass is 10.2. The number of halogens is 2. The highest BCUT2D eigenvalue weighted by atomic mass is 79.9. The van der Waals surface area contributed by atoms with Crippen molar-refractivity contribution in [1.82, 2.24) is 19.4 Å². The summed E-state index contributed by atoms with van der Waals surface area (Å²) >= 11 is 9.59. The van der Waals surface area contributed by atoms with E-state index in [-0.39, 0.29) is 17.2 Å². The predicted octanol–water partition coefficient (Wildman–Crippen LogP) is 5.63. The molecule has 0 saturated heterocycles. The smallest absolute Gasteiger partial charge is 0.270 e. The largest absolute Gasteiger partial charge is 0.333 e. The van der Waals surface area contributed by atoms with Crippen LogP contribution in [-0.2, 0) is 6.54 Å². The number of nitrogens with zero attached hydrogens (tertiary/aromatic N) is 4. The van der Waals surface area contributed by atoms with Gasteiger partial charge in [0, 0.05) is 36.0 Å². The van der Waals surface area contributed by atoms with Crippen LogP contribution in [0.2, 0.25) is 5.28 Å². The number of alkyl halides is 1. The average Bonchev–Trinajstić information content (AvgIpc) is 3.38. The van der Waals surface area contributed by atoms with Crippen molar-refractivity contribution in [3.63, 3.8) is 0 Å². The van der Waals surface area contributed by atoms with Gasteiger partial charge in [0.2, 0.25) is 5.28 Å². The molecule has 1 aliphatic rings. The molecule has 1 amide bonds. The fraction of sp³-hybridized carbons (Fsp3) is 0.409. The molecule has 2 heterocycles. The molecule has 0 bridgehead atoms. The summed E-state index contributed by atoms with van der Waals surface area (Å²) in [4.78, 5) is 24.2. The third-order valence-electron chi connectivity index (χ3n) is 5.52. The van der Waals surface area contributed by atoms with Gasteiger partial charge in [-0.1, -0.05) is 59.1 Å². The van der Waals surface area contributed by atoms with Crippen molar-refractivity contribution in [1.29, 1.82) is 0 Å². The summed E-state index contributed by atoms with van der Waals surface area (Å²) in [5, 5.41) is 1.94. The zero-order chi connectivity index (χ0) is 20.2. The highest BCUT2D eigenvalue weighted by molar-refractivity contribution is 9.09. The SMILES string of the molecule is O=C(c1cc2cnc(Cl)nc2n1C1CCCC1)N(CCCBr)Cc1ccccc1. The molecule has 3 aromatic rings. The molecular formula is C22H24BrClN4O. The van der Waals surface area contributed by atoms with Crippen molar-refractivity contribution >= 4 is 44.5 Å². The highest BCUT2D eigenvalue weighted by Crippen LogP contribution is 2.35. The van der Waals surface area contributed by atoms with Gasteiger partial charge in [-0.05, 0) is 42.5 Å². The van der Waals surface area contributed by atoms with E-state index in [1.54, 1.807) is 6.20 Å². The summed E-state index contributed by atoms with van der Waals surface area (Å²) in [5.41, 5.74) is 2.58. The molecule has 1 aliphatic carbocycles. The third-order valence-corrected chi connectivity index (χ3v) is 6.26. The standard InChI is InChI=1S/C22H24BrClN4O/c23-11-6-12-27(15-16-7-2-1-3-8-16)21(29)19-13-17-14-25-22(24)26-20(17)28(19)18-9-4-5-10-18/h1-3,7-8,13-14,18H,4-6,9-12,15H2. The highest BCUT2D eigenvalue weighted by Gasteiger charge is 2.28. The number of amides is 1. The van der Waals surface area contributed by atoms with Crippen molar-refractivity contribution in [3.05, 3.63) is 59.1 Å². The molecule has 1 fully saturated rings. The van der Waals surface area contributed by atoms with E-state index in [4.69, 9.17) is 11.6 Å². The van der Waals surface area contributed by atoms with Crippen LogP contribution in [0.5, 0.6) is 0 Å². The summed E-state index contributed by atoms with van der Waals surface area (Å²) in [7, 11) is 0. The predicted molar refractivity (Wildman–Crippen MR) is 120 cm³/mol. The average molecular weight is 476 g/mol. The summed E-state index contributed by atoms with van der Waals surface area (Å²) < 4.78 is 2.12. The van der Waals surface area contributed by atoms with Crippen molar-refractivity contribution in [2.24, 2.45) is 0 Å². The van der Waals surface area contributed by atoms with Gasteiger partial charge in [0.25, 0.3) is 5.91 Å². The van der Waals surface area contributed by atoms with Gasteiger partial charge in [0.1, 0.15) is 11.3 Å². The second-order valence-electron chi connectivity index (χ2n) is 7.51. The molecule has 4 rings (SSSR count). The number of hydrogen-bond donors (Lipinski definition) is 0. The Labute approximate surface area is 184 Å². The first-order valence-electron chi connectivity index (χ1n) is 10.1. The maximum atomic E-state index is 13.7. The van der Waals surface area contributed by atoms with Crippen LogP contribution < -0.4 is 0 Å². The fourth-order valence-electron chi connectivity index (χ4n) is 4.15. The number of aromatic nitrogens is 3. The van der Waals surface area contributed by atoms with Crippen molar-refractivity contribution in [3.8, 4) is 0 Å². The summed E-state index contributed by atoms with van der Waals surface area (Å²) in [6.45, 7) is 1.28. The van der Waals surface area contributed by atoms with Crippen LogP contribution in [0.3, 0.4) is 0 Å². The minimum Gasteiger partial charge on any atom is -0.333 e. The molecule has 0 spiro atoms. The minimum absolute atomic E-state index is 0.0378. The fourth-order valence-corrected chi connectivity index (χ4v) is 4.53. The number of fused-ring (bicyclic) bond motifs is 1. The quantitative estimate of drug-likeness (QED) is 0.329. The van der Waals surface area contributed by atoms with Gasteiger partial charge in [0.05, 0.1) is 0 Å². The van der Waals surface area contributed by atoms with E-state index in [0.29, 0.717) is 18.8 Å². The molecule has 1 aromatic carbocycles. The molecule has 1 saturated carbocycles. The van der Waals surface area contributed by atoms with Gasteiger partial charge < -0.3 is 9.47 Å². The molecule has 7 heteroatoms. The summed E-state index contributed by atoms with van der Waals surface area (Å²) in [6, 6.07) is 12.4. The number of carbonyl (C=O) groups excluding carboxylic acids is 1. The maximum absolute atomic E-state index is 13.7. The van der Waals surface area contributed by atoms with Crippen LogP contribution in [-0.4, -0.2) is 37.2 Å². The molecule has 0 aliphatic heterocycles. The Morgan fingerprint density at radius 2 is 2.00 bits per heavy atom. The first-order valence-corrected chi connectivity index (χ1v) is 11.6. The Morgan fingerprint density at radius 1 is 1.24 bits per heavy atom. The second kappa shape index (κ2) is 9.26. The van der Waals surface area contributed by atoms with Crippen molar-refractivity contribution < 1.29 is 4.79 Å². The van der Waals surface area contributed by atoms with Crippen molar-refractivity contribution in [2.75, 3.05) is 11.9 Å². The van der Waals surface area contributed by atoms with E-state index in [1.165, 1.54) is 12.8 Å². The number of rotatable bonds is 7. The Bertz CT molecular complexity index is 985. The van der Waals surface area contributed by atoms with Gasteiger partial charge in [-0.2, -0.15) is 4.98 Å². The first-order chi connectivity index (χ1) is 14.2. The van der Waals surface area contributed by atoms with Gasteiger partial charge in [-0.3, -0.25) is 4.79 Å². The van der Waals surface area contributed by atoms with E-state index >= 15 is 0 Å². The molecule has 152 valence electrons. The van der Waals surface area contributed by atoms with Gasteiger partial charge in [0.15, 0.2) is 0 Å². The van der Waals surface area contributed by atoms with E-state index in [2.05, 4.69) is 42.6 Å². The molecule has 0 atom stereocenters. The lowest BCUT2D eigenvalue weighted by Crippen LogP contribution is -2.33. The molecule has 0 N–H and O–H groups in total. The Hall–Kier alpha value is -1.92. The van der Waals surface area contributed by atoms with Gasteiger partial charge >= 0.3 is 0 Å². The van der Waals surface area contributed by atoms with E-state index < -0.39 is 0 Å². The Morgan fingerprint density at radius 3 is 2.72 bits per heavy atom. The maximum Gasteiger partial charge on any atom is 0.270 e. The minimum atomic E-state index is 0.0378. The lowest BCUT2D eigenvalue weighted by Gasteiger charge is -2.25. The number of hydrogen-bond acceptors (Lipinski definition) is 3. The van der Waals surface area contributed by atoms with E-state index in [9.17, 15) is 4.79 Å². The number of carbonyl (C=O) groups is 1. The molecule has 0 unspecified atom stereocenters. The summed E-state index contributed by atoms with van der Waals surface area (Å²) in [6.07, 6.45) is 7.08.